The lowest BCUT2D eigenvalue weighted by Crippen LogP contribution is -2.50. The van der Waals surface area contributed by atoms with Crippen LogP contribution in [0.5, 0.6) is 5.75 Å². The second-order valence-corrected chi connectivity index (χ2v) is 8.74. The Kier molecular flexibility index (Phi) is 9.46. The molecule has 2 aromatic rings. The number of nitrogens with one attached hydrogen (secondary N) is 1. The monoisotopic (exact) mass is 514 g/mol. The van der Waals surface area contributed by atoms with Gasteiger partial charge in [-0.3, -0.25) is 9.59 Å². The van der Waals surface area contributed by atoms with Gasteiger partial charge in [0.25, 0.3) is 5.91 Å². The maximum absolute atomic E-state index is 13.0. The van der Waals surface area contributed by atoms with Crippen molar-refractivity contribution in [2.45, 2.75) is 45.8 Å². The number of amides is 2. The maximum Gasteiger partial charge on any atom is 0.261 e. The first-order valence-corrected chi connectivity index (χ1v) is 11.2. The van der Waals surface area contributed by atoms with E-state index in [9.17, 15) is 9.59 Å². The van der Waals surface area contributed by atoms with Gasteiger partial charge in [-0.25, -0.2) is 0 Å². The van der Waals surface area contributed by atoms with Gasteiger partial charge in [0.05, 0.1) is 10.0 Å². The zero-order valence-electron chi connectivity index (χ0n) is 17.1. The van der Waals surface area contributed by atoms with E-state index in [1.807, 2.05) is 26.0 Å². The number of halogens is 3. The lowest BCUT2D eigenvalue weighted by molar-refractivity contribution is -0.142. The number of ether oxygens (including phenoxy) is 1. The zero-order valence-corrected chi connectivity index (χ0v) is 20.2. The average molecular weight is 516 g/mol. The quantitative estimate of drug-likeness (QED) is 0.482. The van der Waals surface area contributed by atoms with Gasteiger partial charge in [0.2, 0.25) is 5.91 Å². The number of rotatable bonds is 9. The van der Waals surface area contributed by atoms with E-state index < -0.39 is 6.04 Å². The minimum absolute atomic E-state index is 0.0147. The summed E-state index contributed by atoms with van der Waals surface area (Å²) >= 11 is 15.5. The fraction of sp³-hybridized carbons (Fsp3) is 0.364. The highest BCUT2D eigenvalue weighted by molar-refractivity contribution is 9.10. The third-order valence-electron chi connectivity index (χ3n) is 4.68. The maximum atomic E-state index is 13.0. The molecule has 30 heavy (non-hydrogen) atoms. The molecule has 2 amide bonds. The van der Waals surface area contributed by atoms with E-state index in [0.29, 0.717) is 15.8 Å². The van der Waals surface area contributed by atoms with E-state index in [1.54, 1.807) is 37.3 Å². The van der Waals surface area contributed by atoms with Gasteiger partial charge in [0, 0.05) is 17.1 Å². The molecule has 2 atom stereocenters. The minimum atomic E-state index is -0.686. The molecule has 0 bridgehead atoms. The molecule has 5 nitrogen and oxygen atoms in total. The highest BCUT2D eigenvalue weighted by Crippen LogP contribution is 2.24. The molecule has 0 radical (unpaired) electrons. The fourth-order valence-corrected chi connectivity index (χ4v) is 3.23. The molecule has 0 fully saturated rings. The van der Waals surface area contributed by atoms with E-state index >= 15 is 0 Å². The van der Waals surface area contributed by atoms with E-state index in [1.165, 1.54) is 4.90 Å². The average Bonchev–Trinajstić information content (AvgIpc) is 2.73. The van der Waals surface area contributed by atoms with Crippen LogP contribution in [0.4, 0.5) is 0 Å². The Labute approximate surface area is 195 Å². The second kappa shape index (κ2) is 11.6. The summed E-state index contributed by atoms with van der Waals surface area (Å²) in [6.45, 7) is 5.62. The van der Waals surface area contributed by atoms with Crippen LogP contribution in [0.2, 0.25) is 10.0 Å². The summed E-state index contributed by atoms with van der Waals surface area (Å²) in [4.78, 5) is 27.2. The summed E-state index contributed by atoms with van der Waals surface area (Å²) in [5, 5.41) is 3.75. The first kappa shape index (κ1) is 24.5. The molecule has 0 unspecified atom stereocenters. The summed E-state index contributed by atoms with van der Waals surface area (Å²) in [5.41, 5.74) is 0.768. The molecule has 8 heteroatoms. The van der Waals surface area contributed by atoms with Gasteiger partial charge >= 0.3 is 0 Å². The van der Waals surface area contributed by atoms with E-state index in [4.69, 9.17) is 27.9 Å². The summed E-state index contributed by atoms with van der Waals surface area (Å²) in [5.74, 6) is 0.0370. The van der Waals surface area contributed by atoms with E-state index in [2.05, 4.69) is 21.2 Å². The minimum Gasteiger partial charge on any atom is -0.484 e. The number of hydrogen-bond acceptors (Lipinski definition) is 3. The first-order valence-electron chi connectivity index (χ1n) is 9.63. The Morgan fingerprint density at radius 3 is 2.37 bits per heavy atom. The van der Waals surface area contributed by atoms with Crippen LogP contribution in [0.1, 0.15) is 32.8 Å². The van der Waals surface area contributed by atoms with E-state index in [0.717, 1.165) is 16.5 Å². The van der Waals surface area contributed by atoms with Crippen molar-refractivity contribution in [2.24, 2.45) is 0 Å². The van der Waals surface area contributed by atoms with Crippen molar-refractivity contribution in [3.63, 3.8) is 0 Å². The van der Waals surface area contributed by atoms with Crippen molar-refractivity contribution >= 4 is 50.9 Å². The molecule has 0 aliphatic carbocycles. The highest BCUT2D eigenvalue weighted by Gasteiger charge is 2.27. The standard InChI is InChI=1S/C22H25BrCl2N2O3/c1-4-14(2)26-22(29)15(3)27(12-16-5-10-19(24)20(25)11-16)21(28)13-30-18-8-6-17(23)7-9-18/h5-11,14-15H,4,12-13H2,1-3H3,(H,26,29)/t14-,15+/m1/s1. The van der Waals surface area contributed by atoms with Crippen LogP contribution in [0.15, 0.2) is 46.9 Å². The van der Waals surface area contributed by atoms with Crippen LogP contribution in [0, 0.1) is 0 Å². The van der Waals surface area contributed by atoms with Gasteiger partial charge in [0.1, 0.15) is 11.8 Å². The Hall–Kier alpha value is -1.76. The Bertz CT molecular complexity index is 877. The summed E-state index contributed by atoms with van der Waals surface area (Å²) in [6, 6.07) is 11.7. The van der Waals surface area contributed by atoms with Gasteiger partial charge < -0.3 is 15.0 Å². The molecule has 0 aromatic heterocycles. The zero-order chi connectivity index (χ0) is 22.3. The molecule has 0 saturated heterocycles. The van der Waals surface area contributed by atoms with E-state index in [-0.39, 0.29) is 31.0 Å². The van der Waals surface area contributed by atoms with Gasteiger partial charge in [0.15, 0.2) is 6.61 Å². The van der Waals surface area contributed by atoms with Crippen LogP contribution < -0.4 is 10.1 Å². The molecule has 0 aliphatic heterocycles. The van der Waals surface area contributed by atoms with Crippen LogP contribution >= 0.6 is 39.1 Å². The van der Waals surface area contributed by atoms with Crippen molar-refractivity contribution in [3.8, 4) is 5.75 Å². The third-order valence-corrected chi connectivity index (χ3v) is 5.95. The fourth-order valence-electron chi connectivity index (χ4n) is 2.64. The molecule has 2 aromatic carbocycles. The number of carbonyl (C=O) groups is 2. The molecule has 1 N–H and O–H groups in total. The van der Waals surface area contributed by atoms with Gasteiger partial charge in [-0.2, -0.15) is 0 Å². The van der Waals surface area contributed by atoms with Crippen LogP contribution in [0.25, 0.3) is 0 Å². The van der Waals surface area contributed by atoms with Crippen molar-refractivity contribution in [3.05, 3.63) is 62.5 Å². The normalized spacial score (nSPS) is 12.7. The molecule has 0 heterocycles. The van der Waals surface area contributed by atoms with Crippen molar-refractivity contribution in [1.29, 1.82) is 0 Å². The molecule has 0 spiro atoms. The van der Waals surface area contributed by atoms with Crippen molar-refractivity contribution in [2.75, 3.05) is 6.61 Å². The molecule has 2 rings (SSSR count). The Morgan fingerprint density at radius 1 is 1.10 bits per heavy atom. The van der Waals surface area contributed by atoms with Crippen LogP contribution in [-0.2, 0) is 16.1 Å². The predicted octanol–water partition coefficient (Wildman–Crippen LogP) is 5.47. The number of nitrogens with zero attached hydrogens (tertiary/aromatic N) is 1. The smallest absolute Gasteiger partial charge is 0.261 e. The number of carbonyl (C=O) groups excluding carboxylic acids is 2. The molecular weight excluding hydrogens is 491 g/mol. The SMILES string of the molecule is CC[C@@H](C)NC(=O)[C@H](C)N(Cc1ccc(Cl)c(Cl)c1)C(=O)COc1ccc(Br)cc1. The second-order valence-electron chi connectivity index (χ2n) is 7.01. The third kappa shape index (κ3) is 7.18. The Morgan fingerprint density at radius 2 is 1.77 bits per heavy atom. The first-order chi connectivity index (χ1) is 14.2. The van der Waals surface area contributed by atoms with Gasteiger partial charge in [-0.05, 0) is 62.2 Å². The lowest BCUT2D eigenvalue weighted by atomic mass is 10.1. The van der Waals surface area contributed by atoms with Crippen LogP contribution in [0.3, 0.4) is 0 Å². The summed E-state index contributed by atoms with van der Waals surface area (Å²) in [6.07, 6.45) is 0.797. The molecule has 0 saturated carbocycles. The van der Waals surface area contributed by atoms with Crippen molar-refractivity contribution in [1.82, 2.24) is 10.2 Å². The van der Waals surface area contributed by atoms with Gasteiger partial charge in [-0.15, -0.1) is 0 Å². The summed E-state index contributed by atoms with van der Waals surface area (Å²) < 4.78 is 6.54. The molecular formula is C22H25BrCl2N2O3. The molecule has 0 aliphatic rings. The topological polar surface area (TPSA) is 58.6 Å². The predicted molar refractivity (Wildman–Crippen MR) is 124 cm³/mol. The number of benzene rings is 2. The lowest BCUT2D eigenvalue weighted by Gasteiger charge is -2.29. The number of hydrogen-bond donors (Lipinski definition) is 1. The highest BCUT2D eigenvalue weighted by atomic mass is 79.9. The van der Waals surface area contributed by atoms with Crippen molar-refractivity contribution < 1.29 is 14.3 Å². The van der Waals surface area contributed by atoms with Crippen LogP contribution in [-0.4, -0.2) is 35.4 Å². The van der Waals surface area contributed by atoms with Gasteiger partial charge in [-0.1, -0.05) is 52.1 Å². The molecule has 162 valence electrons. The Balaban J connectivity index is 2.17. The largest absolute Gasteiger partial charge is 0.484 e. The summed E-state index contributed by atoms with van der Waals surface area (Å²) in [7, 11) is 0.